The van der Waals surface area contributed by atoms with Gasteiger partial charge in [-0.2, -0.15) is 0 Å². The Morgan fingerprint density at radius 3 is 2.83 bits per heavy atom. The molecule has 1 aromatic rings. The first-order valence-corrected chi connectivity index (χ1v) is 7.24. The van der Waals surface area contributed by atoms with Gasteiger partial charge in [-0.25, -0.2) is 0 Å². The minimum Gasteiger partial charge on any atom is -0.373 e. The second-order valence-corrected chi connectivity index (χ2v) is 5.70. The van der Waals surface area contributed by atoms with Gasteiger partial charge in [0.2, 0.25) is 0 Å². The van der Waals surface area contributed by atoms with Crippen LogP contribution in [0.25, 0.3) is 0 Å². The molecule has 0 aromatic heterocycles. The van der Waals surface area contributed by atoms with Crippen LogP contribution in [0.5, 0.6) is 0 Å². The SMILES string of the molecule is CNCC1CCCOC1c1cccc(C2CC2)c1. The van der Waals surface area contributed by atoms with Crippen molar-refractivity contribution >= 4 is 0 Å². The third-order valence-corrected chi connectivity index (χ3v) is 4.20. The summed E-state index contributed by atoms with van der Waals surface area (Å²) in [4.78, 5) is 0. The highest BCUT2D eigenvalue weighted by Gasteiger charge is 2.29. The van der Waals surface area contributed by atoms with Crippen LogP contribution in [0.3, 0.4) is 0 Å². The lowest BCUT2D eigenvalue weighted by Crippen LogP contribution is -2.30. The molecule has 1 aliphatic carbocycles. The van der Waals surface area contributed by atoms with E-state index in [1.54, 1.807) is 0 Å². The summed E-state index contributed by atoms with van der Waals surface area (Å²) >= 11 is 0. The zero-order valence-electron chi connectivity index (χ0n) is 11.2. The Labute approximate surface area is 110 Å². The molecule has 3 rings (SSSR count). The lowest BCUT2D eigenvalue weighted by atomic mass is 9.88. The van der Waals surface area contributed by atoms with Crippen molar-refractivity contribution in [3.05, 3.63) is 35.4 Å². The lowest BCUT2D eigenvalue weighted by molar-refractivity contribution is -0.0272. The van der Waals surface area contributed by atoms with E-state index in [1.165, 1.54) is 36.8 Å². The smallest absolute Gasteiger partial charge is 0.0865 e. The maximum absolute atomic E-state index is 6.04. The average Bonchev–Trinajstić information content (AvgIpc) is 3.24. The Kier molecular flexibility index (Phi) is 3.67. The fraction of sp³-hybridized carbons (Fsp3) is 0.625. The number of rotatable bonds is 4. The number of nitrogens with one attached hydrogen (secondary N) is 1. The summed E-state index contributed by atoms with van der Waals surface area (Å²) < 4.78 is 6.04. The molecule has 2 fully saturated rings. The summed E-state index contributed by atoms with van der Waals surface area (Å²) in [6.45, 7) is 1.97. The molecule has 2 aliphatic rings. The number of hydrogen-bond donors (Lipinski definition) is 1. The van der Waals surface area contributed by atoms with E-state index in [1.807, 2.05) is 7.05 Å². The van der Waals surface area contributed by atoms with Crippen molar-refractivity contribution in [3.8, 4) is 0 Å². The molecule has 0 radical (unpaired) electrons. The van der Waals surface area contributed by atoms with Crippen molar-refractivity contribution in [2.24, 2.45) is 5.92 Å². The molecule has 18 heavy (non-hydrogen) atoms. The van der Waals surface area contributed by atoms with E-state index in [2.05, 4.69) is 29.6 Å². The maximum Gasteiger partial charge on any atom is 0.0865 e. The monoisotopic (exact) mass is 245 g/mol. The number of ether oxygens (including phenoxy) is 1. The molecule has 1 heterocycles. The van der Waals surface area contributed by atoms with E-state index in [0.717, 1.165) is 19.1 Å². The Morgan fingerprint density at radius 2 is 2.06 bits per heavy atom. The largest absolute Gasteiger partial charge is 0.373 e. The van der Waals surface area contributed by atoms with Crippen molar-refractivity contribution in [2.75, 3.05) is 20.2 Å². The second-order valence-electron chi connectivity index (χ2n) is 5.70. The Bertz CT molecular complexity index is 398. The lowest BCUT2D eigenvalue weighted by Gasteiger charge is -2.32. The van der Waals surface area contributed by atoms with E-state index in [4.69, 9.17) is 4.74 Å². The van der Waals surface area contributed by atoms with Crippen LogP contribution in [0.15, 0.2) is 24.3 Å². The summed E-state index contributed by atoms with van der Waals surface area (Å²) in [5, 5.41) is 3.31. The van der Waals surface area contributed by atoms with Crippen molar-refractivity contribution in [1.29, 1.82) is 0 Å². The molecule has 0 amide bonds. The van der Waals surface area contributed by atoms with Crippen molar-refractivity contribution in [1.82, 2.24) is 5.32 Å². The molecule has 2 atom stereocenters. The summed E-state index contributed by atoms with van der Waals surface area (Å²) in [5.74, 6) is 1.45. The van der Waals surface area contributed by atoms with Gasteiger partial charge in [0.15, 0.2) is 0 Å². The van der Waals surface area contributed by atoms with Crippen LogP contribution in [0.4, 0.5) is 0 Å². The van der Waals surface area contributed by atoms with Gasteiger partial charge in [-0.3, -0.25) is 0 Å². The molecule has 2 heteroatoms. The third kappa shape index (κ3) is 2.60. The Balaban J connectivity index is 1.80. The van der Waals surface area contributed by atoms with Gasteiger partial charge in [-0.1, -0.05) is 24.3 Å². The maximum atomic E-state index is 6.04. The Hall–Kier alpha value is -0.860. The minimum absolute atomic E-state index is 0.296. The summed E-state index contributed by atoms with van der Waals surface area (Å²) in [6, 6.07) is 9.11. The molecule has 1 N–H and O–H groups in total. The molecule has 1 aromatic carbocycles. The zero-order valence-corrected chi connectivity index (χ0v) is 11.2. The topological polar surface area (TPSA) is 21.3 Å². The average molecular weight is 245 g/mol. The fourth-order valence-corrected chi connectivity index (χ4v) is 3.09. The van der Waals surface area contributed by atoms with Gasteiger partial charge in [0.05, 0.1) is 6.10 Å². The standard InChI is InChI=1S/C16H23NO/c1-17-11-15-6-3-9-18-16(15)14-5-2-4-13(10-14)12-7-8-12/h2,4-5,10,12,15-17H,3,6-9,11H2,1H3. The highest BCUT2D eigenvalue weighted by atomic mass is 16.5. The van der Waals surface area contributed by atoms with Gasteiger partial charge in [0.1, 0.15) is 0 Å². The molecule has 1 saturated carbocycles. The molecule has 2 nitrogen and oxygen atoms in total. The fourth-order valence-electron chi connectivity index (χ4n) is 3.09. The summed E-state index contributed by atoms with van der Waals surface area (Å²) in [5.41, 5.74) is 2.91. The normalized spacial score (nSPS) is 28.3. The molecular weight excluding hydrogens is 222 g/mol. The van der Waals surface area contributed by atoms with E-state index < -0.39 is 0 Å². The van der Waals surface area contributed by atoms with E-state index in [0.29, 0.717) is 12.0 Å². The van der Waals surface area contributed by atoms with Crippen molar-refractivity contribution < 1.29 is 4.74 Å². The number of benzene rings is 1. The van der Waals surface area contributed by atoms with Gasteiger partial charge in [0, 0.05) is 19.1 Å². The van der Waals surface area contributed by atoms with Gasteiger partial charge < -0.3 is 10.1 Å². The van der Waals surface area contributed by atoms with E-state index in [9.17, 15) is 0 Å². The summed E-state index contributed by atoms with van der Waals surface area (Å²) in [6.07, 6.45) is 5.51. The predicted octanol–water partition coefficient (Wildman–Crippen LogP) is 3.25. The number of hydrogen-bond acceptors (Lipinski definition) is 2. The summed E-state index contributed by atoms with van der Waals surface area (Å²) in [7, 11) is 2.03. The first-order valence-electron chi connectivity index (χ1n) is 7.24. The zero-order chi connectivity index (χ0) is 12.4. The van der Waals surface area contributed by atoms with Gasteiger partial charge in [-0.15, -0.1) is 0 Å². The van der Waals surface area contributed by atoms with Crippen LogP contribution in [0, 0.1) is 5.92 Å². The Morgan fingerprint density at radius 1 is 1.22 bits per heavy atom. The molecule has 0 spiro atoms. The van der Waals surface area contributed by atoms with E-state index in [-0.39, 0.29) is 0 Å². The second kappa shape index (κ2) is 5.41. The molecule has 1 aliphatic heterocycles. The highest BCUT2D eigenvalue weighted by molar-refractivity contribution is 5.31. The molecule has 1 saturated heterocycles. The molecule has 2 unspecified atom stereocenters. The van der Waals surface area contributed by atoms with Gasteiger partial charge in [-0.05, 0) is 49.8 Å². The molecular formula is C16H23NO. The van der Waals surface area contributed by atoms with Crippen LogP contribution < -0.4 is 5.32 Å². The van der Waals surface area contributed by atoms with Crippen LogP contribution in [0.2, 0.25) is 0 Å². The van der Waals surface area contributed by atoms with Crippen molar-refractivity contribution in [2.45, 2.75) is 37.7 Å². The first-order chi connectivity index (χ1) is 8.88. The van der Waals surface area contributed by atoms with Crippen molar-refractivity contribution in [3.63, 3.8) is 0 Å². The van der Waals surface area contributed by atoms with Crippen LogP contribution in [-0.4, -0.2) is 20.2 Å². The van der Waals surface area contributed by atoms with E-state index >= 15 is 0 Å². The third-order valence-electron chi connectivity index (χ3n) is 4.20. The first kappa shape index (κ1) is 12.2. The van der Waals surface area contributed by atoms with Crippen LogP contribution >= 0.6 is 0 Å². The minimum atomic E-state index is 0.296. The molecule has 0 bridgehead atoms. The van der Waals surface area contributed by atoms with Crippen LogP contribution in [-0.2, 0) is 4.74 Å². The highest BCUT2D eigenvalue weighted by Crippen LogP contribution is 2.42. The van der Waals surface area contributed by atoms with Gasteiger partial charge >= 0.3 is 0 Å². The van der Waals surface area contributed by atoms with Gasteiger partial charge in [0.25, 0.3) is 0 Å². The van der Waals surface area contributed by atoms with Crippen LogP contribution in [0.1, 0.15) is 48.8 Å². The predicted molar refractivity (Wildman–Crippen MR) is 73.8 cm³/mol. The quantitative estimate of drug-likeness (QED) is 0.879. The molecule has 98 valence electrons.